The molecule has 0 aromatic heterocycles. The molecule has 0 aliphatic carbocycles. The third kappa shape index (κ3) is 7.93. The van der Waals surface area contributed by atoms with Crippen molar-refractivity contribution in [3.63, 3.8) is 0 Å². The Balaban J connectivity index is 4.42. The van der Waals surface area contributed by atoms with Gasteiger partial charge in [0, 0.05) is 19.4 Å². The first-order valence-corrected chi connectivity index (χ1v) is 6.52. The summed E-state index contributed by atoms with van der Waals surface area (Å²) in [7, 11) is 0. The lowest BCUT2D eigenvalue weighted by Gasteiger charge is -2.25. The number of aliphatic carboxylic acids is 1. The van der Waals surface area contributed by atoms with Gasteiger partial charge in [-0.1, -0.05) is 0 Å². The van der Waals surface area contributed by atoms with Crippen molar-refractivity contribution in [1.29, 1.82) is 0 Å². The second-order valence-corrected chi connectivity index (χ2v) is 4.62. The quantitative estimate of drug-likeness (QED) is 0.186. The summed E-state index contributed by atoms with van der Waals surface area (Å²) in [5, 5.41) is 54.6. The van der Waals surface area contributed by atoms with E-state index >= 15 is 0 Å². The number of ether oxygens (including phenoxy) is 1. The van der Waals surface area contributed by atoms with Gasteiger partial charge in [-0.15, -0.1) is 0 Å². The summed E-state index contributed by atoms with van der Waals surface area (Å²) in [5.74, 6) is -5.51. The molecule has 9 heteroatoms. The van der Waals surface area contributed by atoms with Crippen LogP contribution in [0.25, 0.3) is 0 Å². The van der Waals surface area contributed by atoms with Gasteiger partial charge >= 0.3 is 11.9 Å². The Morgan fingerprint density at radius 2 is 1.76 bits per heavy atom. The Morgan fingerprint density at radius 3 is 2.24 bits per heavy atom. The number of esters is 1. The van der Waals surface area contributed by atoms with E-state index in [-0.39, 0.29) is 32.3 Å². The molecule has 0 aliphatic heterocycles. The summed E-state index contributed by atoms with van der Waals surface area (Å²) in [6.45, 7) is -0.925. The fourth-order valence-corrected chi connectivity index (χ4v) is 1.54. The summed E-state index contributed by atoms with van der Waals surface area (Å²) in [5.41, 5.74) is 0. The van der Waals surface area contributed by atoms with Gasteiger partial charge in [0.1, 0.15) is 0 Å². The van der Waals surface area contributed by atoms with Crippen LogP contribution in [-0.2, 0) is 14.3 Å². The highest BCUT2D eigenvalue weighted by molar-refractivity contribution is 5.77. The SMILES string of the molecule is O=C(O)CCCC(O)(O)C(=O)OC(CO)C(O)CCCO. The number of aliphatic hydroxyl groups excluding tert-OH is 3. The van der Waals surface area contributed by atoms with E-state index in [9.17, 15) is 24.9 Å². The molecule has 0 aliphatic rings. The van der Waals surface area contributed by atoms with Crippen molar-refractivity contribution in [2.75, 3.05) is 13.2 Å². The summed E-state index contributed by atoms with van der Waals surface area (Å²) in [6.07, 6.45) is -3.41. The molecule has 0 bridgehead atoms. The minimum absolute atomic E-state index is 0.0535. The average Bonchev–Trinajstić information content (AvgIpc) is 2.40. The predicted octanol–water partition coefficient (Wildman–Crippen LogP) is -2.04. The lowest BCUT2D eigenvalue weighted by molar-refractivity contribution is -0.222. The highest BCUT2D eigenvalue weighted by Gasteiger charge is 2.37. The molecule has 0 radical (unpaired) electrons. The molecule has 2 atom stereocenters. The van der Waals surface area contributed by atoms with Crippen molar-refractivity contribution in [2.24, 2.45) is 0 Å². The number of rotatable bonds is 11. The van der Waals surface area contributed by atoms with E-state index in [4.69, 9.17) is 15.3 Å². The fraction of sp³-hybridized carbons (Fsp3) is 0.833. The lowest BCUT2D eigenvalue weighted by atomic mass is 10.1. The van der Waals surface area contributed by atoms with Crippen LogP contribution >= 0.6 is 0 Å². The van der Waals surface area contributed by atoms with Crippen LogP contribution in [-0.4, -0.2) is 73.8 Å². The van der Waals surface area contributed by atoms with Crippen LogP contribution in [0.3, 0.4) is 0 Å². The number of carbonyl (C=O) groups excluding carboxylic acids is 1. The van der Waals surface area contributed by atoms with E-state index < -0.39 is 43.0 Å². The largest absolute Gasteiger partial charge is 0.481 e. The van der Waals surface area contributed by atoms with Crippen LogP contribution in [0.15, 0.2) is 0 Å². The molecule has 0 fully saturated rings. The maximum atomic E-state index is 11.5. The molecule has 0 saturated carbocycles. The zero-order chi connectivity index (χ0) is 16.5. The number of carboxylic acids is 1. The molecule has 0 spiro atoms. The van der Waals surface area contributed by atoms with E-state index in [1.807, 2.05) is 0 Å². The lowest BCUT2D eigenvalue weighted by Crippen LogP contribution is -2.45. The standard InChI is InChI=1S/C12H22O9/c13-6-2-3-8(15)9(7-14)21-11(18)12(19,20)5-1-4-10(16)17/h8-9,13-15,19-20H,1-7H2,(H,16,17). The monoisotopic (exact) mass is 310 g/mol. The van der Waals surface area contributed by atoms with Crippen LogP contribution in [0.1, 0.15) is 32.1 Å². The van der Waals surface area contributed by atoms with E-state index in [1.54, 1.807) is 0 Å². The van der Waals surface area contributed by atoms with Crippen molar-refractivity contribution in [3.8, 4) is 0 Å². The van der Waals surface area contributed by atoms with Crippen molar-refractivity contribution in [3.05, 3.63) is 0 Å². The van der Waals surface area contributed by atoms with Crippen molar-refractivity contribution >= 4 is 11.9 Å². The van der Waals surface area contributed by atoms with Gasteiger partial charge in [-0.05, 0) is 19.3 Å². The van der Waals surface area contributed by atoms with Gasteiger partial charge in [-0.2, -0.15) is 0 Å². The minimum Gasteiger partial charge on any atom is -0.481 e. The smallest absolute Gasteiger partial charge is 0.366 e. The predicted molar refractivity (Wildman–Crippen MR) is 67.9 cm³/mol. The van der Waals surface area contributed by atoms with E-state index in [1.165, 1.54) is 0 Å². The zero-order valence-corrected chi connectivity index (χ0v) is 11.5. The Morgan fingerprint density at radius 1 is 1.14 bits per heavy atom. The molecule has 6 N–H and O–H groups in total. The highest BCUT2D eigenvalue weighted by Crippen LogP contribution is 2.16. The van der Waals surface area contributed by atoms with Gasteiger partial charge in [-0.3, -0.25) is 4.79 Å². The maximum absolute atomic E-state index is 11.5. The number of hydrogen-bond donors (Lipinski definition) is 6. The van der Waals surface area contributed by atoms with Crippen molar-refractivity contribution in [1.82, 2.24) is 0 Å². The second kappa shape index (κ2) is 9.64. The molecule has 2 unspecified atom stereocenters. The van der Waals surface area contributed by atoms with Gasteiger partial charge in [0.2, 0.25) is 0 Å². The van der Waals surface area contributed by atoms with Crippen molar-refractivity contribution in [2.45, 2.75) is 50.1 Å². The Hall–Kier alpha value is -1.26. The molecule has 0 saturated heterocycles. The van der Waals surface area contributed by atoms with Crippen LogP contribution < -0.4 is 0 Å². The Kier molecular flexibility index (Phi) is 9.06. The molecular weight excluding hydrogens is 288 g/mol. The highest BCUT2D eigenvalue weighted by atomic mass is 16.6. The normalized spacial score (nSPS) is 14.5. The number of carbonyl (C=O) groups is 2. The third-order valence-corrected chi connectivity index (χ3v) is 2.77. The summed E-state index contributed by atoms with van der Waals surface area (Å²) < 4.78 is 4.61. The minimum atomic E-state index is -2.89. The second-order valence-electron chi connectivity index (χ2n) is 4.62. The topological polar surface area (TPSA) is 165 Å². The van der Waals surface area contributed by atoms with Crippen molar-refractivity contribution < 1.29 is 45.0 Å². The molecule has 124 valence electrons. The van der Waals surface area contributed by atoms with Gasteiger partial charge < -0.3 is 35.4 Å². The van der Waals surface area contributed by atoms with Gasteiger partial charge in [-0.25, -0.2) is 4.79 Å². The Bertz CT molecular complexity index is 329. The van der Waals surface area contributed by atoms with E-state index in [2.05, 4.69) is 4.74 Å². The van der Waals surface area contributed by atoms with Crippen LogP contribution in [0.5, 0.6) is 0 Å². The summed E-state index contributed by atoms with van der Waals surface area (Å²) in [6, 6.07) is 0. The molecular formula is C12H22O9. The molecule has 0 rings (SSSR count). The molecule has 9 nitrogen and oxygen atoms in total. The van der Waals surface area contributed by atoms with E-state index in [0.717, 1.165) is 0 Å². The first-order valence-electron chi connectivity index (χ1n) is 6.52. The third-order valence-electron chi connectivity index (χ3n) is 2.77. The van der Waals surface area contributed by atoms with Gasteiger partial charge in [0.25, 0.3) is 5.79 Å². The Labute approximate surface area is 121 Å². The van der Waals surface area contributed by atoms with E-state index in [0.29, 0.717) is 0 Å². The first kappa shape index (κ1) is 19.7. The zero-order valence-electron chi connectivity index (χ0n) is 11.5. The summed E-state index contributed by atoms with van der Waals surface area (Å²) >= 11 is 0. The molecule has 0 aromatic carbocycles. The van der Waals surface area contributed by atoms with Crippen LogP contribution in [0, 0.1) is 0 Å². The molecule has 0 heterocycles. The number of aliphatic hydroxyl groups is 5. The average molecular weight is 310 g/mol. The van der Waals surface area contributed by atoms with Gasteiger partial charge in [0.15, 0.2) is 6.10 Å². The maximum Gasteiger partial charge on any atom is 0.366 e. The molecule has 0 amide bonds. The first-order chi connectivity index (χ1) is 9.74. The number of carboxylic acid groups (broad SMARTS) is 1. The number of hydrogen-bond acceptors (Lipinski definition) is 8. The van der Waals surface area contributed by atoms with Crippen LogP contribution in [0.2, 0.25) is 0 Å². The summed E-state index contributed by atoms with van der Waals surface area (Å²) in [4.78, 5) is 21.8. The molecule has 21 heavy (non-hydrogen) atoms. The van der Waals surface area contributed by atoms with Gasteiger partial charge in [0.05, 0.1) is 12.7 Å². The fourth-order valence-electron chi connectivity index (χ4n) is 1.54. The molecule has 0 aromatic rings. The van der Waals surface area contributed by atoms with Crippen LogP contribution in [0.4, 0.5) is 0 Å².